The molecule has 2 fully saturated rings. The second kappa shape index (κ2) is 8.46. The van der Waals surface area contributed by atoms with Crippen LogP contribution in [0.3, 0.4) is 0 Å². The molecule has 1 amide bonds. The number of carbonyl (C=O) groups is 1. The third-order valence-corrected chi connectivity index (χ3v) is 10.7. The average Bonchev–Trinajstić information content (AvgIpc) is 3.61. The Hall–Kier alpha value is -3.08. The van der Waals surface area contributed by atoms with Gasteiger partial charge in [-0.05, 0) is 68.8 Å². The molecule has 2 bridgehead atoms. The number of nitrogens with zero attached hydrogens (tertiary/aromatic N) is 1. The number of amides is 1. The van der Waals surface area contributed by atoms with Gasteiger partial charge in [0.2, 0.25) is 0 Å². The Labute approximate surface area is 228 Å². The van der Waals surface area contributed by atoms with Gasteiger partial charge in [0, 0.05) is 24.6 Å². The summed E-state index contributed by atoms with van der Waals surface area (Å²) in [6, 6.07) is 9.15. The molecule has 9 nitrogen and oxygen atoms in total. The number of aromatic hydroxyl groups is 1. The summed E-state index contributed by atoms with van der Waals surface area (Å²) >= 11 is 0. The van der Waals surface area contributed by atoms with E-state index in [1.54, 1.807) is 18.2 Å². The highest BCUT2D eigenvalue weighted by molar-refractivity contribution is 7.90. The molecular formula is C29H34N2O7S. The molecule has 4 atom stereocenters. The summed E-state index contributed by atoms with van der Waals surface area (Å²) in [6.07, 6.45) is 1.94. The van der Waals surface area contributed by atoms with E-state index in [9.17, 15) is 28.5 Å². The number of phenols is 1. The Balaban J connectivity index is 0.00000277. The molecule has 0 aromatic heterocycles. The van der Waals surface area contributed by atoms with Crippen LogP contribution in [0, 0.1) is 12.8 Å². The highest BCUT2D eigenvalue weighted by Crippen LogP contribution is 2.66. The van der Waals surface area contributed by atoms with Crippen LogP contribution in [0.1, 0.15) is 49.8 Å². The first-order chi connectivity index (χ1) is 18.0. The molecule has 1 saturated carbocycles. The predicted octanol–water partition coefficient (Wildman–Crippen LogP) is 2.83. The van der Waals surface area contributed by atoms with Gasteiger partial charge in [-0.2, -0.15) is 0 Å². The van der Waals surface area contributed by atoms with Crippen molar-refractivity contribution in [3.63, 3.8) is 0 Å². The fourth-order valence-corrected chi connectivity index (χ4v) is 8.31. The first-order valence-corrected chi connectivity index (χ1v) is 14.6. The lowest BCUT2D eigenvalue weighted by molar-refractivity contribution is -0.172. The van der Waals surface area contributed by atoms with Gasteiger partial charge in [-0.1, -0.05) is 31.2 Å². The molecule has 2 aromatic rings. The number of aliphatic hydroxyl groups excluding tert-OH is 1. The quantitative estimate of drug-likeness (QED) is 0.443. The Kier molecular flexibility index (Phi) is 5.67. The minimum Gasteiger partial charge on any atom is -0.508 e. The molecule has 0 radical (unpaired) electrons. The van der Waals surface area contributed by atoms with Gasteiger partial charge in [-0.3, -0.25) is 9.69 Å². The summed E-state index contributed by atoms with van der Waals surface area (Å²) in [7, 11) is -4.22. The standard InChI is InChI=1S/C28H30N2O7S.CH4/c1-15-2-7-18(8-3-15)38(35,36)29-26(33)19-13-28(34)21-12-17-6-9-20(31)24-22(17)27(28,25(37-24)23(19)32)10-11-30(21)14-16-4-5-16;/h2-3,6-9,16,21,25,31-32,34H,4-5,10-14H2,1H3,(H,29,33);1H4/t21-,25+,27+,28-;/m1./s1. The monoisotopic (exact) mass is 554 g/mol. The van der Waals surface area contributed by atoms with Crippen molar-refractivity contribution in [2.24, 2.45) is 5.92 Å². The molecule has 0 unspecified atom stereocenters. The fraction of sp³-hybridized carbons (Fsp3) is 0.483. The van der Waals surface area contributed by atoms with E-state index in [-0.39, 0.29) is 41.9 Å². The molecule has 10 heteroatoms. The number of sulfonamides is 1. The van der Waals surface area contributed by atoms with Gasteiger partial charge < -0.3 is 20.1 Å². The van der Waals surface area contributed by atoms with Gasteiger partial charge in [0.1, 0.15) is 5.76 Å². The van der Waals surface area contributed by atoms with Crippen molar-refractivity contribution in [2.45, 2.75) is 74.5 Å². The largest absolute Gasteiger partial charge is 0.508 e. The van der Waals surface area contributed by atoms with E-state index < -0.39 is 38.8 Å². The van der Waals surface area contributed by atoms with E-state index in [4.69, 9.17) is 4.74 Å². The van der Waals surface area contributed by atoms with Crippen molar-refractivity contribution in [3.8, 4) is 11.5 Å². The number of aryl methyl sites for hydroxylation is 1. The molecule has 1 saturated heterocycles. The van der Waals surface area contributed by atoms with E-state index in [1.165, 1.54) is 12.1 Å². The van der Waals surface area contributed by atoms with Crippen LogP contribution < -0.4 is 9.46 Å². The maximum Gasteiger partial charge on any atom is 0.264 e. The van der Waals surface area contributed by atoms with Gasteiger partial charge in [0.05, 0.1) is 21.5 Å². The van der Waals surface area contributed by atoms with Gasteiger partial charge in [0.15, 0.2) is 17.6 Å². The summed E-state index contributed by atoms with van der Waals surface area (Å²) in [5.41, 5.74) is -0.246. The topological polar surface area (TPSA) is 136 Å². The maximum atomic E-state index is 13.5. The molecule has 3 aliphatic carbocycles. The van der Waals surface area contributed by atoms with Gasteiger partial charge in [-0.25, -0.2) is 13.1 Å². The summed E-state index contributed by atoms with van der Waals surface area (Å²) in [4.78, 5) is 15.7. The van der Waals surface area contributed by atoms with E-state index in [0.29, 0.717) is 30.9 Å². The van der Waals surface area contributed by atoms with Gasteiger partial charge >= 0.3 is 0 Å². The van der Waals surface area contributed by atoms with E-state index in [2.05, 4.69) is 9.62 Å². The highest BCUT2D eigenvalue weighted by atomic mass is 32.2. The molecule has 4 N–H and O–H groups in total. The van der Waals surface area contributed by atoms with Gasteiger partial charge in [-0.15, -0.1) is 0 Å². The molecule has 2 aromatic carbocycles. The Bertz CT molecular complexity index is 1510. The Morgan fingerprint density at radius 2 is 1.87 bits per heavy atom. The zero-order valence-electron chi connectivity index (χ0n) is 21.0. The van der Waals surface area contributed by atoms with E-state index >= 15 is 0 Å². The van der Waals surface area contributed by atoms with Crippen LogP contribution in [0.4, 0.5) is 0 Å². The summed E-state index contributed by atoms with van der Waals surface area (Å²) in [5.74, 6) is -0.679. The Morgan fingerprint density at radius 1 is 1.15 bits per heavy atom. The first-order valence-electron chi connectivity index (χ1n) is 13.1. The van der Waals surface area contributed by atoms with E-state index in [1.807, 2.05) is 13.0 Å². The number of nitrogens with one attached hydrogen (secondary N) is 1. The number of carbonyl (C=O) groups excluding carboxylic acids is 1. The Morgan fingerprint density at radius 3 is 2.56 bits per heavy atom. The molecule has 5 aliphatic rings. The van der Waals surface area contributed by atoms with Crippen LogP contribution in [0.2, 0.25) is 0 Å². The number of phenolic OH excluding ortho intramolecular Hbond substituents is 1. The smallest absolute Gasteiger partial charge is 0.264 e. The highest BCUT2D eigenvalue weighted by Gasteiger charge is 2.73. The number of ether oxygens (including phenoxy) is 1. The number of piperidine rings is 1. The van der Waals surface area contributed by atoms with Crippen molar-refractivity contribution < 1.29 is 33.3 Å². The average molecular weight is 555 g/mol. The predicted molar refractivity (Wildman–Crippen MR) is 143 cm³/mol. The lowest BCUT2D eigenvalue weighted by atomic mass is 9.49. The van der Waals surface area contributed by atoms with Crippen LogP contribution in [0.25, 0.3) is 0 Å². The zero-order chi connectivity index (χ0) is 26.6. The van der Waals surface area contributed by atoms with Crippen molar-refractivity contribution in [3.05, 3.63) is 64.4 Å². The molecular weight excluding hydrogens is 520 g/mol. The second-order valence-electron chi connectivity index (χ2n) is 11.5. The van der Waals surface area contributed by atoms with Crippen LogP contribution in [-0.4, -0.2) is 65.4 Å². The van der Waals surface area contributed by atoms with Crippen LogP contribution >= 0.6 is 0 Å². The number of likely N-dealkylation sites (tertiary alicyclic amines) is 1. The lowest BCUT2D eigenvalue weighted by Gasteiger charge is -2.62. The van der Waals surface area contributed by atoms with Crippen LogP contribution in [-0.2, 0) is 26.7 Å². The van der Waals surface area contributed by atoms with Crippen molar-refractivity contribution in [2.75, 3.05) is 13.1 Å². The van der Waals surface area contributed by atoms with Crippen molar-refractivity contribution in [1.82, 2.24) is 9.62 Å². The normalized spacial score (nSPS) is 30.7. The summed E-state index contributed by atoms with van der Waals surface area (Å²) in [5, 5.41) is 34.7. The lowest BCUT2D eigenvalue weighted by Crippen LogP contribution is -2.75. The summed E-state index contributed by atoms with van der Waals surface area (Å²) in [6.45, 7) is 3.36. The zero-order valence-corrected chi connectivity index (χ0v) is 21.8. The van der Waals surface area contributed by atoms with Crippen LogP contribution in [0.5, 0.6) is 11.5 Å². The van der Waals surface area contributed by atoms with Crippen LogP contribution in [0.15, 0.2) is 52.6 Å². The van der Waals surface area contributed by atoms with Gasteiger partial charge in [0.25, 0.3) is 15.9 Å². The third-order valence-electron chi connectivity index (χ3n) is 9.35. The number of rotatable bonds is 5. The maximum absolute atomic E-state index is 13.5. The number of benzene rings is 2. The van der Waals surface area contributed by atoms with Crippen molar-refractivity contribution in [1.29, 1.82) is 0 Å². The third kappa shape index (κ3) is 3.50. The first kappa shape index (κ1) is 26.2. The number of hydrogen-bond donors (Lipinski definition) is 4. The second-order valence-corrected chi connectivity index (χ2v) is 13.2. The number of hydrogen-bond acceptors (Lipinski definition) is 8. The molecule has 7 rings (SSSR count). The number of aliphatic hydroxyl groups is 2. The summed E-state index contributed by atoms with van der Waals surface area (Å²) < 4.78 is 34.2. The molecule has 1 spiro atoms. The minimum atomic E-state index is -4.22. The molecule has 39 heavy (non-hydrogen) atoms. The molecule has 208 valence electrons. The van der Waals surface area contributed by atoms with Crippen molar-refractivity contribution >= 4 is 15.9 Å². The SMILES string of the molecule is C.Cc1ccc(S(=O)(=O)NC(=O)C2=C(O)[C@@H]3Oc4c(O)ccc5c4[C@@]34CCN(CC3CC3)[C@H](C5)[C@]4(O)C2)cc1. The molecule has 2 heterocycles. The molecule has 2 aliphatic heterocycles. The minimum absolute atomic E-state index is 0. The van der Waals surface area contributed by atoms with E-state index in [0.717, 1.165) is 30.5 Å². The fourth-order valence-electron chi connectivity index (χ4n) is 7.33.